The lowest BCUT2D eigenvalue weighted by Crippen LogP contribution is -2.22. The molecule has 0 radical (unpaired) electrons. The van der Waals surface area contributed by atoms with Crippen LogP contribution in [0.15, 0.2) is 57.5 Å². The van der Waals surface area contributed by atoms with Crippen LogP contribution in [-0.2, 0) is 11.2 Å². The van der Waals surface area contributed by atoms with Crippen LogP contribution < -0.4 is 5.56 Å². The highest BCUT2D eigenvalue weighted by Gasteiger charge is 2.23. The Bertz CT molecular complexity index is 1150. The quantitative estimate of drug-likeness (QED) is 0.413. The first-order chi connectivity index (χ1) is 15.2. The summed E-state index contributed by atoms with van der Waals surface area (Å²) >= 11 is 1.55. The van der Waals surface area contributed by atoms with Crippen LogP contribution in [0.1, 0.15) is 31.7 Å². The number of fused-ring (bicyclic) bond motifs is 1. The summed E-state index contributed by atoms with van der Waals surface area (Å²) in [5.74, 6) is 0.658. The molecule has 6 nitrogen and oxygen atoms in total. The maximum absolute atomic E-state index is 12.5. The maximum atomic E-state index is 12.5. The number of nitrogens with zero attached hydrogens (tertiary/aromatic N) is 3. The zero-order chi connectivity index (χ0) is 21.6. The van der Waals surface area contributed by atoms with Crippen LogP contribution in [0, 0.1) is 0 Å². The van der Waals surface area contributed by atoms with Crippen molar-refractivity contribution in [2.75, 3.05) is 19.6 Å². The van der Waals surface area contributed by atoms with Gasteiger partial charge >= 0.3 is 0 Å². The third-order valence-corrected chi connectivity index (χ3v) is 6.27. The SMILES string of the molecule is CC/C=N\C(=C/Cc1nc(-c2cc3ccccc3[nH]c2=O)cs1)OC1CCN(CC)C1. The minimum absolute atomic E-state index is 0.121. The zero-order valence-corrected chi connectivity index (χ0v) is 18.8. The van der Waals surface area contributed by atoms with E-state index in [1.807, 2.05) is 48.0 Å². The smallest absolute Gasteiger partial charge is 0.257 e. The number of hydrogen-bond donors (Lipinski definition) is 1. The van der Waals surface area contributed by atoms with Crippen molar-refractivity contribution in [2.45, 2.75) is 39.2 Å². The van der Waals surface area contributed by atoms with Crippen LogP contribution in [0.25, 0.3) is 22.2 Å². The van der Waals surface area contributed by atoms with Crippen LogP contribution >= 0.6 is 11.3 Å². The molecule has 1 aliphatic heterocycles. The molecule has 1 unspecified atom stereocenters. The highest BCUT2D eigenvalue weighted by atomic mass is 32.1. The first kappa shape index (κ1) is 21.5. The lowest BCUT2D eigenvalue weighted by atomic mass is 10.1. The molecule has 3 heterocycles. The lowest BCUT2D eigenvalue weighted by molar-refractivity contribution is 0.119. The average molecular weight is 437 g/mol. The molecule has 1 saturated heterocycles. The van der Waals surface area contributed by atoms with E-state index in [-0.39, 0.29) is 11.7 Å². The third-order valence-electron chi connectivity index (χ3n) is 5.40. The van der Waals surface area contributed by atoms with E-state index in [0.717, 1.165) is 48.4 Å². The second kappa shape index (κ2) is 10.0. The van der Waals surface area contributed by atoms with E-state index in [9.17, 15) is 4.79 Å². The van der Waals surface area contributed by atoms with Crippen molar-refractivity contribution in [1.82, 2.24) is 14.9 Å². The standard InChI is InChI=1S/C24H28N4O2S/c1-3-12-25-22(30-18-11-13-28(4-2)15-18)9-10-23-26-21(16-31-23)19-14-17-7-5-6-8-20(17)27-24(19)29/h5-9,12,14,16,18H,3-4,10-11,13,15H2,1-2H3,(H,27,29)/b22-9+,25-12-. The highest BCUT2D eigenvalue weighted by molar-refractivity contribution is 7.10. The number of para-hydroxylation sites is 1. The van der Waals surface area contributed by atoms with Crippen LogP contribution in [0.4, 0.5) is 0 Å². The fourth-order valence-electron chi connectivity index (χ4n) is 3.70. The Hall–Kier alpha value is -2.77. The summed E-state index contributed by atoms with van der Waals surface area (Å²) in [5, 5.41) is 3.86. The fraction of sp³-hybridized carbons (Fsp3) is 0.375. The van der Waals surface area contributed by atoms with Crippen LogP contribution in [0.2, 0.25) is 0 Å². The number of pyridine rings is 1. The molecule has 0 saturated carbocycles. The summed E-state index contributed by atoms with van der Waals surface area (Å²) in [6.07, 6.45) is 6.56. The number of likely N-dealkylation sites (N-methyl/N-ethyl adjacent to an activating group) is 1. The van der Waals surface area contributed by atoms with Crippen LogP contribution in [0.3, 0.4) is 0 Å². The Morgan fingerprint density at radius 3 is 3.06 bits per heavy atom. The van der Waals surface area contributed by atoms with Crippen molar-refractivity contribution >= 4 is 28.5 Å². The minimum atomic E-state index is -0.121. The highest BCUT2D eigenvalue weighted by Crippen LogP contribution is 2.23. The Labute approximate surface area is 186 Å². The molecular formula is C24H28N4O2S. The number of rotatable bonds is 8. The zero-order valence-electron chi connectivity index (χ0n) is 18.0. The molecule has 31 heavy (non-hydrogen) atoms. The molecule has 0 aliphatic carbocycles. The fourth-order valence-corrected chi connectivity index (χ4v) is 4.46. The first-order valence-corrected chi connectivity index (χ1v) is 11.7. The molecule has 7 heteroatoms. The van der Waals surface area contributed by atoms with E-state index in [2.05, 4.69) is 28.7 Å². The normalized spacial score (nSPS) is 17.7. The van der Waals surface area contributed by atoms with E-state index in [1.54, 1.807) is 11.3 Å². The summed E-state index contributed by atoms with van der Waals surface area (Å²) in [6, 6.07) is 9.67. The molecule has 1 N–H and O–H groups in total. The van der Waals surface area contributed by atoms with Crippen LogP contribution in [-0.4, -0.2) is 46.8 Å². The largest absolute Gasteiger partial charge is 0.473 e. The number of aromatic nitrogens is 2. The van der Waals surface area contributed by atoms with Gasteiger partial charge in [-0.2, -0.15) is 0 Å². The molecule has 2 aromatic heterocycles. The Balaban J connectivity index is 1.50. The predicted molar refractivity (Wildman–Crippen MR) is 128 cm³/mol. The summed E-state index contributed by atoms with van der Waals surface area (Å²) in [4.78, 5) is 27.1. The molecule has 0 bridgehead atoms. The summed E-state index contributed by atoms with van der Waals surface area (Å²) in [5.41, 5.74) is 2.01. The Morgan fingerprint density at radius 1 is 1.39 bits per heavy atom. The van der Waals surface area contributed by atoms with Crippen molar-refractivity contribution in [1.29, 1.82) is 0 Å². The van der Waals surface area contributed by atoms with Crippen molar-refractivity contribution < 1.29 is 4.74 Å². The monoisotopic (exact) mass is 436 g/mol. The molecule has 0 amide bonds. The summed E-state index contributed by atoms with van der Waals surface area (Å²) < 4.78 is 6.17. The summed E-state index contributed by atoms with van der Waals surface area (Å²) in [6.45, 7) is 7.30. The number of ether oxygens (including phenoxy) is 1. The maximum Gasteiger partial charge on any atom is 0.257 e. The number of H-pyrrole nitrogens is 1. The third kappa shape index (κ3) is 5.29. The number of likely N-dealkylation sites (tertiary alicyclic amines) is 1. The molecule has 1 aliphatic rings. The van der Waals surface area contributed by atoms with Crippen LogP contribution in [0.5, 0.6) is 0 Å². The van der Waals surface area contributed by atoms with Gasteiger partial charge in [0.05, 0.1) is 16.3 Å². The molecule has 1 fully saturated rings. The topological polar surface area (TPSA) is 70.6 Å². The number of hydrogen-bond acceptors (Lipinski definition) is 6. The average Bonchev–Trinajstić information content (AvgIpc) is 3.44. The Kier molecular flexibility index (Phi) is 6.94. The van der Waals surface area contributed by atoms with Gasteiger partial charge in [-0.05, 0) is 43.0 Å². The van der Waals surface area contributed by atoms with E-state index in [0.29, 0.717) is 23.6 Å². The number of thiazole rings is 1. The van der Waals surface area contributed by atoms with E-state index in [1.165, 1.54) is 0 Å². The molecule has 1 aromatic carbocycles. The van der Waals surface area contributed by atoms with Gasteiger partial charge in [0.1, 0.15) is 6.10 Å². The van der Waals surface area contributed by atoms with E-state index < -0.39 is 0 Å². The Morgan fingerprint density at radius 2 is 2.26 bits per heavy atom. The summed E-state index contributed by atoms with van der Waals surface area (Å²) in [7, 11) is 0. The molecule has 0 spiro atoms. The molecule has 162 valence electrons. The lowest BCUT2D eigenvalue weighted by Gasteiger charge is -2.15. The number of aromatic amines is 1. The molecular weight excluding hydrogens is 408 g/mol. The minimum Gasteiger partial charge on any atom is -0.473 e. The number of allylic oxidation sites excluding steroid dienone is 1. The van der Waals surface area contributed by atoms with Crippen molar-refractivity contribution in [3.8, 4) is 11.3 Å². The molecule has 4 rings (SSSR count). The van der Waals surface area contributed by atoms with Gasteiger partial charge in [0.2, 0.25) is 5.88 Å². The number of benzene rings is 1. The van der Waals surface area contributed by atoms with E-state index in [4.69, 9.17) is 9.72 Å². The first-order valence-electron chi connectivity index (χ1n) is 10.8. The molecule has 3 aromatic rings. The van der Waals surface area contributed by atoms with Gasteiger partial charge in [0, 0.05) is 36.6 Å². The van der Waals surface area contributed by atoms with Gasteiger partial charge in [-0.25, -0.2) is 9.98 Å². The van der Waals surface area contributed by atoms with Gasteiger partial charge in [-0.1, -0.05) is 32.0 Å². The predicted octanol–water partition coefficient (Wildman–Crippen LogP) is 4.63. The second-order valence-electron chi connectivity index (χ2n) is 7.61. The second-order valence-corrected chi connectivity index (χ2v) is 8.56. The molecule has 1 atom stereocenters. The van der Waals surface area contributed by atoms with Crippen molar-refractivity contribution in [3.63, 3.8) is 0 Å². The number of nitrogens with one attached hydrogen (secondary N) is 1. The van der Waals surface area contributed by atoms with Gasteiger partial charge in [0.25, 0.3) is 5.56 Å². The van der Waals surface area contributed by atoms with Gasteiger partial charge in [0.15, 0.2) is 0 Å². The van der Waals surface area contributed by atoms with E-state index >= 15 is 0 Å². The van der Waals surface area contributed by atoms with Gasteiger partial charge < -0.3 is 9.72 Å². The van der Waals surface area contributed by atoms with Crippen molar-refractivity contribution in [3.05, 3.63) is 63.0 Å². The van der Waals surface area contributed by atoms with Crippen molar-refractivity contribution in [2.24, 2.45) is 4.99 Å². The number of aliphatic imine (C=N–C) groups is 1. The van der Waals surface area contributed by atoms with Gasteiger partial charge in [-0.15, -0.1) is 11.3 Å². The van der Waals surface area contributed by atoms with Gasteiger partial charge in [-0.3, -0.25) is 9.69 Å².